The summed E-state index contributed by atoms with van der Waals surface area (Å²) in [6.45, 7) is 1.07. The quantitative estimate of drug-likeness (QED) is 0.772. The second-order valence-corrected chi connectivity index (χ2v) is 4.35. The Morgan fingerprint density at radius 1 is 1.24 bits per heavy atom. The number of hydrogen-bond acceptors (Lipinski definition) is 5. The Morgan fingerprint density at radius 3 is 2.33 bits per heavy atom. The molecule has 0 aliphatic heterocycles. The lowest BCUT2D eigenvalue weighted by Gasteiger charge is -2.21. The van der Waals surface area contributed by atoms with Crippen molar-refractivity contribution in [2.75, 3.05) is 41.0 Å². The van der Waals surface area contributed by atoms with Gasteiger partial charge in [-0.05, 0) is 24.3 Å². The molecule has 1 unspecified atom stereocenters. The van der Waals surface area contributed by atoms with Crippen molar-refractivity contribution in [1.29, 1.82) is 0 Å². The second kappa shape index (κ2) is 10.3. The van der Waals surface area contributed by atoms with Crippen LogP contribution >= 0.6 is 12.4 Å². The number of likely N-dealkylation sites (N-methyl/N-ethyl adjacent to an activating group) is 1. The molecule has 1 rings (SSSR count). The van der Waals surface area contributed by atoms with Crippen LogP contribution in [0.3, 0.4) is 0 Å². The number of benzene rings is 1. The second-order valence-electron chi connectivity index (χ2n) is 4.35. The fourth-order valence-electron chi connectivity index (χ4n) is 1.62. The SMILES string of the molecule is COCC(N)C(=O)N(C)CCOc1ccc(OC)cc1.Cl. The summed E-state index contributed by atoms with van der Waals surface area (Å²) in [6, 6.07) is 6.64. The average Bonchev–Trinajstić information content (AvgIpc) is 2.47. The maximum atomic E-state index is 11.8. The predicted molar refractivity (Wildman–Crippen MR) is 83.2 cm³/mol. The van der Waals surface area contributed by atoms with Gasteiger partial charge in [0.15, 0.2) is 0 Å². The number of methoxy groups -OCH3 is 2. The normalized spacial score (nSPS) is 11.2. The van der Waals surface area contributed by atoms with Crippen LogP contribution in [0.2, 0.25) is 0 Å². The van der Waals surface area contributed by atoms with Gasteiger partial charge in [-0.2, -0.15) is 0 Å². The molecule has 21 heavy (non-hydrogen) atoms. The smallest absolute Gasteiger partial charge is 0.241 e. The lowest BCUT2D eigenvalue weighted by atomic mass is 10.3. The number of nitrogens with zero attached hydrogens (tertiary/aromatic N) is 1. The molecule has 1 amide bonds. The van der Waals surface area contributed by atoms with Crippen LogP contribution in [0.25, 0.3) is 0 Å². The van der Waals surface area contributed by atoms with Crippen molar-refractivity contribution in [3.05, 3.63) is 24.3 Å². The monoisotopic (exact) mass is 318 g/mol. The van der Waals surface area contributed by atoms with Crippen LogP contribution in [0.15, 0.2) is 24.3 Å². The first-order valence-corrected chi connectivity index (χ1v) is 6.34. The molecular weight excluding hydrogens is 296 g/mol. The minimum Gasteiger partial charge on any atom is -0.497 e. The Kier molecular flexibility index (Phi) is 9.53. The van der Waals surface area contributed by atoms with E-state index in [2.05, 4.69) is 0 Å². The van der Waals surface area contributed by atoms with Gasteiger partial charge in [0.2, 0.25) is 5.91 Å². The molecule has 1 aromatic rings. The molecule has 0 aromatic heterocycles. The molecule has 0 aliphatic carbocycles. The molecule has 0 saturated carbocycles. The average molecular weight is 319 g/mol. The molecule has 7 heteroatoms. The van der Waals surface area contributed by atoms with Crippen LogP contribution in [-0.2, 0) is 9.53 Å². The summed E-state index contributed by atoms with van der Waals surface area (Å²) in [5.74, 6) is 1.34. The van der Waals surface area contributed by atoms with Gasteiger partial charge >= 0.3 is 0 Å². The van der Waals surface area contributed by atoms with E-state index >= 15 is 0 Å². The van der Waals surface area contributed by atoms with E-state index in [0.717, 1.165) is 11.5 Å². The van der Waals surface area contributed by atoms with Crippen molar-refractivity contribution in [2.45, 2.75) is 6.04 Å². The minimum atomic E-state index is -0.633. The Balaban J connectivity index is 0.00000400. The molecular formula is C14H23ClN2O4. The highest BCUT2D eigenvalue weighted by molar-refractivity contribution is 5.85. The zero-order chi connectivity index (χ0) is 15.0. The van der Waals surface area contributed by atoms with Crippen LogP contribution < -0.4 is 15.2 Å². The van der Waals surface area contributed by atoms with E-state index in [1.807, 2.05) is 24.3 Å². The van der Waals surface area contributed by atoms with Crippen molar-refractivity contribution in [3.8, 4) is 11.5 Å². The zero-order valence-corrected chi connectivity index (χ0v) is 13.4. The van der Waals surface area contributed by atoms with E-state index in [0.29, 0.717) is 13.2 Å². The predicted octanol–water partition coefficient (Wildman–Crippen LogP) is 0.928. The summed E-state index contributed by atoms with van der Waals surface area (Å²) >= 11 is 0. The number of amides is 1. The standard InChI is InChI=1S/C14H22N2O4.ClH/c1-16(14(17)13(15)10-18-2)8-9-20-12-6-4-11(19-3)5-7-12;/h4-7,13H,8-10,15H2,1-3H3;1H. The van der Waals surface area contributed by atoms with Crippen molar-refractivity contribution in [3.63, 3.8) is 0 Å². The topological polar surface area (TPSA) is 74.0 Å². The van der Waals surface area contributed by atoms with Crippen LogP contribution in [0, 0.1) is 0 Å². The molecule has 0 bridgehead atoms. The van der Waals surface area contributed by atoms with E-state index in [4.69, 9.17) is 19.9 Å². The zero-order valence-electron chi connectivity index (χ0n) is 12.6. The summed E-state index contributed by atoms with van der Waals surface area (Å²) in [5, 5.41) is 0. The molecule has 1 aromatic carbocycles. The van der Waals surface area contributed by atoms with Gasteiger partial charge in [-0.3, -0.25) is 4.79 Å². The highest BCUT2D eigenvalue weighted by Gasteiger charge is 2.17. The van der Waals surface area contributed by atoms with Crippen LogP contribution in [0.5, 0.6) is 11.5 Å². The fourth-order valence-corrected chi connectivity index (χ4v) is 1.62. The highest BCUT2D eigenvalue weighted by Crippen LogP contribution is 2.16. The van der Waals surface area contributed by atoms with Gasteiger partial charge in [0.25, 0.3) is 0 Å². The summed E-state index contributed by atoms with van der Waals surface area (Å²) in [5.41, 5.74) is 5.67. The molecule has 0 heterocycles. The minimum absolute atomic E-state index is 0. The van der Waals surface area contributed by atoms with Crippen molar-refractivity contribution in [2.24, 2.45) is 5.73 Å². The summed E-state index contributed by atoms with van der Waals surface area (Å²) < 4.78 is 15.5. The third-order valence-corrected chi connectivity index (χ3v) is 2.79. The maximum absolute atomic E-state index is 11.8. The fraction of sp³-hybridized carbons (Fsp3) is 0.500. The largest absolute Gasteiger partial charge is 0.497 e. The van der Waals surface area contributed by atoms with E-state index in [1.165, 1.54) is 12.0 Å². The molecule has 0 spiro atoms. The van der Waals surface area contributed by atoms with Crippen LogP contribution in [-0.4, -0.2) is 57.9 Å². The molecule has 2 N–H and O–H groups in total. The highest BCUT2D eigenvalue weighted by atomic mass is 35.5. The molecule has 0 saturated heterocycles. The van der Waals surface area contributed by atoms with E-state index < -0.39 is 6.04 Å². The molecule has 0 fully saturated rings. The Hall–Kier alpha value is -1.50. The van der Waals surface area contributed by atoms with E-state index in [1.54, 1.807) is 14.2 Å². The Morgan fingerprint density at radius 2 is 1.81 bits per heavy atom. The molecule has 1 atom stereocenters. The summed E-state index contributed by atoms with van der Waals surface area (Å²) in [7, 11) is 4.81. The van der Waals surface area contributed by atoms with Crippen LogP contribution in [0.4, 0.5) is 0 Å². The maximum Gasteiger partial charge on any atom is 0.241 e. The van der Waals surface area contributed by atoms with E-state index in [9.17, 15) is 4.79 Å². The lowest BCUT2D eigenvalue weighted by molar-refractivity contribution is -0.132. The third kappa shape index (κ3) is 6.66. The van der Waals surface area contributed by atoms with Gasteiger partial charge < -0.3 is 24.8 Å². The van der Waals surface area contributed by atoms with Gasteiger partial charge in [0.1, 0.15) is 24.1 Å². The van der Waals surface area contributed by atoms with E-state index in [-0.39, 0.29) is 24.9 Å². The first-order chi connectivity index (χ1) is 9.58. The number of ether oxygens (including phenoxy) is 3. The van der Waals surface area contributed by atoms with Crippen molar-refractivity contribution >= 4 is 18.3 Å². The first-order valence-electron chi connectivity index (χ1n) is 6.34. The van der Waals surface area contributed by atoms with Gasteiger partial charge in [-0.25, -0.2) is 0 Å². The first kappa shape index (κ1) is 19.5. The third-order valence-electron chi connectivity index (χ3n) is 2.79. The van der Waals surface area contributed by atoms with Crippen molar-refractivity contribution in [1.82, 2.24) is 4.90 Å². The number of carbonyl (C=O) groups excluding carboxylic acids is 1. The van der Waals surface area contributed by atoms with Gasteiger partial charge in [0, 0.05) is 14.2 Å². The molecule has 0 radical (unpaired) electrons. The van der Waals surface area contributed by atoms with Crippen molar-refractivity contribution < 1.29 is 19.0 Å². The van der Waals surface area contributed by atoms with Gasteiger partial charge in [-0.1, -0.05) is 0 Å². The Bertz CT molecular complexity index is 414. The summed E-state index contributed by atoms with van der Waals surface area (Å²) in [4.78, 5) is 13.3. The molecule has 120 valence electrons. The van der Waals surface area contributed by atoms with Gasteiger partial charge in [-0.15, -0.1) is 12.4 Å². The number of rotatable bonds is 8. The number of carbonyl (C=O) groups is 1. The van der Waals surface area contributed by atoms with Crippen LogP contribution in [0.1, 0.15) is 0 Å². The number of nitrogens with two attached hydrogens (primary N) is 1. The summed E-state index contributed by atoms with van der Waals surface area (Å²) in [6.07, 6.45) is 0. The number of hydrogen-bond donors (Lipinski definition) is 1. The Labute approximate surface area is 131 Å². The molecule has 6 nitrogen and oxygen atoms in total. The number of halogens is 1. The van der Waals surface area contributed by atoms with Gasteiger partial charge in [0.05, 0.1) is 20.3 Å². The molecule has 0 aliphatic rings. The lowest BCUT2D eigenvalue weighted by Crippen LogP contribution is -2.45.